The van der Waals surface area contributed by atoms with E-state index in [1.807, 2.05) is 45.3 Å². The second kappa shape index (κ2) is 9.58. The molecule has 2 rings (SSSR count). The molecule has 0 fully saturated rings. The first-order valence-electron chi connectivity index (χ1n) is 8.35. The number of aromatic nitrogens is 2. The fourth-order valence-corrected chi connectivity index (χ4v) is 2.20. The molecule has 0 spiro atoms. The summed E-state index contributed by atoms with van der Waals surface area (Å²) in [4.78, 5) is 22.7. The number of para-hydroxylation sites is 2. The van der Waals surface area contributed by atoms with Gasteiger partial charge in [0.1, 0.15) is 11.4 Å². The first-order chi connectivity index (χ1) is 12.1. The van der Waals surface area contributed by atoms with Crippen LogP contribution in [-0.2, 0) is 0 Å². The van der Waals surface area contributed by atoms with Crippen molar-refractivity contribution in [3.63, 3.8) is 0 Å². The molecule has 0 unspecified atom stereocenters. The van der Waals surface area contributed by atoms with E-state index in [-0.39, 0.29) is 5.91 Å². The Labute approximate surface area is 148 Å². The molecule has 0 aliphatic rings. The van der Waals surface area contributed by atoms with Gasteiger partial charge in [0.15, 0.2) is 0 Å². The molecule has 0 aliphatic carbocycles. The molecule has 2 aromatic rings. The van der Waals surface area contributed by atoms with Gasteiger partial charge in [-0.05, 0) is 52.2 Å². The van der Waals surface area contributed by atoms with Gasteiger partial charge in [0, 0.05) is 12.7 Å². The van der Waals surface area contributed by atoms with Crippen molar-refractivity contribution in [1.82, 2.24) is 20.2 Å². The number of ether oxygens (including phenoxy) is 1. The lowest BCUT2D eigenvalue weighted by molar-refractivity contribution is 0.0947. The maximum Gasteiger partial charge on any atom is 0.270 e. The molecule has 0 atom stereocenters. The highest BCUT2D eigenvalue weighted by Gasteiger charge is 2.10. The minimum Gasteiger partial charge on any atom is -0.492 e. The minimum atomic E-state index is -0.206. The molecule has 0 radical (unpaired) electrons. The summed E-state index contributed by atoms with van der Waals surface area (Å²) in [7, 11) is 4.01. The minimum absolute atomic E-state index is 0.206. The van der Waals surface area contributed by atoms with Crippen LogP contribution < -0.4 is 15.4 Å². The van der Waals surface area contributed by atoms with Crippen molar-refractivity contribution in [2.24, 2.45) is 0 Å². The zero-order valence-corrected chi connectivity index (χ0v) is 15.0. The highest BCUT2D eigenvalue weighted by Crippen LogP contribution is 2.25. The maximum absolute atomic E-state index is 12.2. The number of nitrogens with one attached hydrogen (secondary N) is 2. The fourth-order valence-electron chi connectivity index (χ4n) is 2.20. The average molecular weight is 343 g/mol. The summed E-state index contributed by atoms with van der Waals surface area (Å²) in [5.41, 5.74) is 1.09. The van der Waals surface area contributed by atoms with E-state index < -0.39 is 0 Å². The number of nitrogens with zero attached hydrogens (tertiary/aromatic N) is 3. The Morgan fingerprint density at radius 3 is 2.80 bits per heavy atom. The summed E-state index contributed by atoms with van der Waals surface area (Å²) >= 11 is 0. The van der Waals surface area contributed by atoms with Gasteiger partial charge in [-0.3, -0.25) is 4.79 Å². The van der Waals surface area contributed by atoms with Gasteiger partial charge in [0.2, 0.25) is 5.95 Å². The van der Waals surface area contributed by atoms with Crippen LogP contribution in [0.2, 0.25) is 0 Å². The number of carbonyl (C=O) groups is 1. The van der Waals surface area contributed by atoms with Crippen molar-refractivity contribution in [2.75, 3.05) is 39.1 Å². The Kier molecular flexibility index (Phi) is 7.16. The number of hydrogen-bond donors (Lipinski definition) is 2. The molecule has 1 aromatic carbocycles. The third kappa shape index (κ3) is 6.04. The summed E-state index contributed by atoms with van der Waals surface area (Å²) in [5.74, 6) is 0.863. The predicted octanol–water partition coefficient (Wildman–Crippen LogP) is 2.30. The van der Waals surface area contributed by atoms with Crippen molar-refractivity contribution in [2.45, 2.75) is 13.3 Å². The van der Waals surface area contributed by atoms with Crippen molar-refractivity contribution >= 4 is 17.5 Å². The van der Waals surface area contributed by atoms with E-state index in [1.165, 1.54) is 0 Å². The fraction of sp³-hybridized carbons (Fsp3) is 0.389. The van der Waals surface area contributed by atoms with Crippen LogP contribution in [0.4, 0.5) is 11.6 Å². The Morgan fingerprint density at radius 2 is 2.04 bits per heavy atom. The van der Waals surface area contributed by atoms with E-state index in [2.05, 4.69) is 25.5 Å². The van der Waals surface area contributed by atoms with Crippen LogP contribution in [0.3, 0.4) is 0 Å². The molecule has 7 nitrogen and oxygen atoms in total. The molecule has 0 saturated carbocycles. The lowest BCUT2D eigenvalue weighted by Gasteiger charge is -2.12. The van der Waals surface area contributed by atoms with E-state index in [0.29, 0.717) is 30.5 Å². The number of benzene rings is 1. The lowest BCUT2D eigenvalue weighted by Crippen LogP contribution is -2.28. The SMILES string of the molecule is CCOc1ccccc1Nc1nccc(C(=O)NCCCN(C)C)n1. The van der Waals surface area contributed by atoms with Crippen molar-refractivity contribution in [1.29, 1.82) is 0 Å². The van der Waals surface area contributed by atoms with Crippen LogP contribution in [0.5, 0.6) is 5.75 Å². The van der Waals surface area contributed by atoms with Gasteiger partial charge < -0.3 is 20.3 Å². The van der Waals surface area contributed by atoms with Crippen LogP contribution in [0.1, 0.15) is 23.8 Å². The van der Waals surface area contributed by atoms with Crippen LogP contribution in [0.15, 0.2) is 36.5 Å². The largest absolute Gasteiger partial charge is 0.492 e. The van der Waals surface area contributed by atoms with Crippen LogP contribution in [0.25, 0.3) is 0 Å². The van der Waals surface area contributed by atoms with Crippen molar-refractivity contribution < 1.29 is 9.53 Å². The van der Waals surface area contributed by atoms with Crippen LogP contribution >= 0.6 is 0 Å². The predicted molar refractivity (Wildman–Crippen MR) is 98.4 cm³/mol. The van der Waals surface area contributed by atoms with E-state index in [0.717, 1.165) is 18.7 Å². The Bertz CT molecular complexity index is 691. The van der Waals surface area contributed by atoms with Gasteiger partial charge in [0.05, 0.1) is 12.3 Å². The molecule has 0 bridgehead atoms. The second-order valence-electron chi connectivity index (χ2n) is 5.73. The monoisotopic (exact) mass is 343 g/mol. The quantitative estimate of drug-likeness (QED) is 0.680. The van der Waals surface area contributed by atoms with E-state index in [9.17, 15) is 4.79 Å². The average Bonchev–Trinajstić information content (AvgIpc) is 2.60. The third-order valence-electron chi connectivity index (χ3n) is 3.39. The molecule has 134 valence electrons. The van der Waals surface area contributed by atoms with Crippen LogP contribution in [0, 0.1) is 0 Å². The Balaban J connectivity index is 2.00. The molecule has 1 aromatic heterocycles. The number of rotatable bonds is 9. The Morgan fingerprint density at radius 1 is 1.24 bits per heavy atom. The number of amides is 1. The highest BCUT2D eigenvalue weighted by atomic mass is 16.5. The Hall–Kier alpha value is -2.67. The van der Waals surface area contributed by atoms with Gasteiger partial charge in [-0.1, -0.05) is 12.1 Å². The molecular formula is C18H25N5O2. The molecule has 2 N–H and O–H groups in total. The zero-order valence-electron chi connectivity index (χ0n) is 15.0. The van der Waals surface area contributed by atoms with Gasteiger partial charge in [-0.25, -0.2) is 9.97 Å². The summed E-state index contributed by atoms with van der Waals surface area (Å²) in [6.07, 6.45) is 2.45. The topological polar surface area (TPSA) is 79.4 Å². The summed E-state index contributed by atoms with van der Waals surface area (Å²) in [6, 6.07) is 9.14. The number of carbonyl (C=O) groups excluding carboxylic acids is 1. The standard InChI is InChI=1S/C18H25N5O2/c1-4-25-16-9-6-5-8-14(16)21-18-20-12-10-15(22-18)17(24)19-11-7-13-23(2)3/h5-6,8-10,12H,4,7,11,13H2,1-3H3,(H,19,24)(H,20,21,22). The van der Waals surface area contributed by atoms with Gasteiger partial charge in [-0.2, -0.15) is 0 Å². The molecule has 1 heterocycles. The smallest absolute Gasteiger partial charge is 0.270 e. The van der Waals surface area contributed by atoms with E-state index in [1.54, 1.807) is 12.3 Å². The molecular weight excluding hydrogens is 318 g/mol. The molecule has 1 amide bonds. The van der Waals surface area contributed by atoms with Crippen LogP contribution in [-0.4, -0.2) is 54.6 Å². The van der Waals surface area contributed by atoms with E-state index in [4.69, 9.17) is 4.74 Å². The van der Waals surface area contributed by atoms with Crippen molar-refractivity contribution in [3.05, 3.63) is 42.2 Å². The maximum atomic E-state index is 12.2. The molecule has 0 saturated heterocycles. The van der Waals surface area contributed by atoms with Crippen molar-refractivity contribution in [3.8, 4) is 5.75 Å². The van der Waals surface area contributed by atoms with Gasteiger partial charge >= 0.3 is 0 Å². The summed E-state index contributed by atoms with van der Waals surface area (Å²) in [6.45, 7) is 4.02. The molecule has 0 aliphatic heterocycles. The van der Waals surface area contributed by atoms with E-state index >= 15 is 0 Å². The number of anilines is 2. The molecule has 25 heavy (non-hydrogen) atoms. The summed E-state index contributed by atoms with van der Waals surface area (Å²) < 4.78 is 5.57. The third-order valence-corrected chi connectivity index (χ3v) is 3.39. The highest BCUT2D eigenvalue weighted by molar-refractivity contribution is 5.92. The normalized spacial score (nSPS) is 10.6. The first kappa shape index (κ1) is 18.7. The van der Waals surface area contributed by atoms with Gasteiger partial charge in [-0.15, -0.1) is 0 Å². The zero-order chi connectivity index (χ0) is 18.1. The molecule has 7 heteroatoms. The lowest BCUT2D eigenvalue weighted by atomic mass is 10.3. The second-order valence-corrected chi connectivity index (χ2v) is 5.73. The summed E-state index contributed by atoms with van der Waals surface area (Å²) in [5, 5.41) is 5.97. The van der Waals surface area contributed by atoms with Gasteiger partial charge in [0.25, 0.3) is 5.91 Å². The first-order valence-corrected chi connectivity index (χ1v) is 8.35. The number of hydrogen-bond acceptors (Lipinski definition) is 6.